The van der Waals surface area contributed by atoms with E-state index in [9.17, 15) is 13.2 Å². The van der Waals surface area contributed by atoms with Crippen LogP contribution in [0.5, 0.6) is 0 Å². The Morgan fingerprint density at radius 1 is 1.16 bits per heavy atom. The third-order valence-corrected chi connectivity index (χ3v) is 8.89. The van der Waals surface area contributed by atoms with Gasteiger partial charge in [-0.1, -0.05) is 31.5 Å². The average Bonchev–Trinajstić information content (AvgIpc) is 3.05. The zero-order valence-electron chi connectivity index (χ0n) is 19.4. The maximum atomic E-state index is 12.8. The van der Waals surface area contributed by atoms with Gasteiger partial charge in [0.1, 0.15) is 0 Å². The minimum Gasteiger partial charge on any atom is -0.325 e. The summed E-state index contributed by atoms with van der Waals surface area (Å²) in [6.45, 7) is 10.1. The lowest BCUT2D eigenvalue weighted by Crippen LogP contribution is -2.35. The molecule has 2 heterocycles. The number of carbonyl (C=O) groups is 1. The van der Waals surface area contributed by atoms with E-state index < -0.39 is 10.0 Å². The molecule has 9 heteroatoms. The molecular weight excluding hydrogens is 444 g/mol. The van der Waals surface area contributed by atoms with Crippen LogP contribution in [0.25, 0.3) is 0 Å². The molecule has 0 radical (unpaired) electrons. The van der Waals surface area contributed by atoms with Crippen molar-refractivity contribution in [1.29, 1.82) is 0 Å². The molecule has 3 rings (SSSR count). The monoisotopic (exact) mass is 478 g/mol. The van der Waals surface area contributed by atoms with Gasteiger partial charge in [-0.3, -0.25) is 4.79 Å². The van der Waals surface area contributed by atoms with E-state index in [1.165, 1.54) is 11.8 Å². The van der Waals surface area contributed by atoms with Gasteiger partial charge in [-0.15, -0.1) is 0 Å². The molecule has 0 bridgehead atoms. The van der Waals surface area contributed by atoms with E-state index in [2.05, 4.69) is 28.7 Å². The van der Waals surface area contributed by atoms with E-state index >= 15 is 0 Å². The highest BCUT2D eigenvalue weighted by molar-refractivity contribution is 8.00. The second-order valence-electron chi connectivity index (χ2n) is 8.31. The van der Waals surface area contributed by atoms with Crippen LogP contribution in [0.2, 0.25) is 0 Å². The van der Waals surface area contributed by atoms with Crippen molar-refractivity contribution < 1.29 is 13.2 Å². The van der Waals surface area contributed by atoms with Crippen molar-refractivity contribution in [2.24, 2.45) is 0 Å². The number of aryl methyl sites for hydroxylation is 1. The highest BCUT2D eigenvalue weighted by atomic mass is 32.2. The van der Waals surface area contributed by atoms with Gasteiger partial charge in [-0.2, -0.15) is 4.31 Å². The lowest BCUT2D eigenvalue weighted by molar-refractivity contribution is -0.115. The lowest BCUT2D eigenvalue weighted by atomic mass is 10.2. The number of nitrogens with one attached hydrogen (secondary N) is 1. The molecule has 0 unspecified atom stereocenters. The van der Waals surface area contributed by atoms with Crippen molar-refractivity contribution in [2.75, 3.05) is 18.4 Å². The minimum absolute atomic E-state index is 0.137. The Morgan fingerprint density at radius 3 is 2.44 bits per heavy atom. The quantitative estimate of drug-likeness (QED) is 0.533. The molecule has 1 fully saturated rings. The first kappa shape index (κ1) is 24.8. The first-order chi connectivity index (χ1) is 15.2. The van der Waals surface area contributed by atoms with E-state index in [-0.39, 0.29) is 16.1 Å². The minimum atomic E-state index is -3.47. The first-order valence-electron chi connectivity index (χ1n) is 11.4. The van der Waals surface area contributed by atoms with Crippen molar-refractivity contribution in [3.8, 4) is 0 Å². The molecule has 176 valence electrons. The van der Waals surface area contributed by atoms with Gasteiger partial charge in [-0.05, 0) is 64.3 Å². The topological polar surface area (TPSA) is 84.3 Å². The Labute approximate surface area is 196 Å². The van der Waals surface area contributed by atoms with Gasteiger partial charge in [0, 0.05) is 31.0 Å². The normalized spacial score (nSPS) is 16.1. The van der Waals surface area contributed by atoms with Crippen molar-refractivity contribution in [1.82, 2.24) is 13.9 Å². The van der Waals surface area contributed by atoms with Crippen LogP contribution >= 0.6 is 11.8 Å². The number of rotatable bonds is 9. The first-order valence-corrected chi connectivity index (χ1v) is 13.7. The summed E-state index contributed by atoms with van der Waals surface area (Å²) < 4.78 is 29.3. The number of thioether (sulfide) groups is 1. The zero-order valence-corrected chi connectivity index (χ0v) is 21.1. The molecule has 0 aliphatic carbocycles. The lowest BCUT2D eigenvalue weighted by Gasteiger charge is -2.25. The van der Waals surface area contributed by atoms with Gasteiger partial charge < -0.3 is 9.88 Å². The van der Waals surface area contributed by atoms with Crippen LogP contribution < -0.4 is 5.32 Å². The van der Waals surface area contributed by atoms with Crippen LogP contribution in [0, 0.1) is 13.8 Å². The van der Waals surface area contributed by atoms with Crippen molar-refractivity contribution in [3.05, 3.63) is 35.7 Å². The molecule has 7 nitrogen and oxygen atoms in total. The standard InChI is InChI=1S/C23H34N4O3S2/c1-5-6-16-27-18(3)17(2)24-23(27)31-19(4)22(28)25-20-10-12-21(13-11-20)32(29,30)26-14-8-7-9-15-26/h10-13,19H,5-9,14-16H2,1-4H3,(H,25,28)/t19-/m1/s1. The highest BCUT2D eigenvalue weighted by Gasteiger charge is 2.26. The van der Waals surface area contributed by atoms with Gasteiger partial charge >= 0.3 is 0 Å². The largest absolute Gasteiger partial charge is 0.325 e. The number of aromatic nitrogens is 2. The summed E-state index contributed by atoms with van der Waals surface area (Å²) in [4.78, 5) is 17.7. The second-order valence-corrected chi connectivity index (χ2v) is 11.6. The number of unbranched alkanes of at least 4 members (excludes halogenated alkanes) is 1. The molecule has 2 aromatic rings. The van der Waals surface area contributed by atoms with E-state index in [0.29, 0.717) is 18.8 Å². The fourth-order valence-electron chi connectivity index (χ4n) is 3.71. The number of piperidine rings is 1. The van der Waals surface area contributed by atoms with Crippen molar-refractivity contribution in [3.63, 3.8) is 0 Å². The van der Waals surface area contributed by atoms with Crippen LogP contribution in [0.15, 0.2) is 34.3 Å². The summed E-state index contributed by atoms with van der Waals surface area (Å²) in [7, 11) is -3.47. The summed E-state index contributed by atoms with van der Waals surface area (Å²) in [5.74, 6) is -0.137. The Morgan fingerprint density at radius 2 is 1.81 bits per heavy atom. The number of hydrogen-bond donors (Lipinski definition) is 1. The molecule has 1 N–H and O–H groups in total. The van der Waals surface area contributed by atoms with Crippen LogP contribution in [-0.2, 0) is 21.4 Å². The third kappa shape index (κ3) is 5.74. The Bertz CT molecular complexity index is 1030. The fraction of sp³-hybridized carbons (Fsp3) is 0.565. The summed E-state index contributed by atoms with van der Waals surface area (Å²) in [5.41, 5.74) is 2.71. The number of anilines is 1. The number of carbonyl (C=O) groups excluding carboxylic acids is 1. The molecule has 32 heavy (non-hydrogen) atoms. The number of benzene rings is 1. The third-order valence-electron chi connectivity index (χ3n) is 5.88. The molecule has 1 atom stereocenters. The van der Waals surface area contributed by atoms with Gasteiger partial charge in [0.25, 0.3) is 0 Å². The zero-order chi connectivity index (χ0) is 23.3. The molecule has 1 amide bonds. The summed E-state index contributed by atoms with van der Waals surface area (Å²) in [6.07, 6.45) is 5.04. The number of amides is 1. The Balaban J connectivity index is 1.64. The van der Waals surface area contributed by atoms with Crippen LogP contribution in [0.1, 0.15) is 57.3 Å². The summed E-state index contributed by atoms with van der Waals surface area (Å²) in [6, 6.07) is 6.45. The maximum Gasteiger partial charge on any atom is 0.243 e. The number of hydrogen-bond acceptors (Lipinski definition) is 5. The van der Waals surface area contributed by atoms with E-state index in [1.807, 2.05) is 13.8 Å². The molecular formula is C23H34N4O3S2. The van der Waals surface area contributed by atoms with Crippen LogP contribution in [0.3, 0.4) is 0 Å². The molecule has 1 aromatic heterocycles. The smallest absolute Gasteiger partial charge is 0.243 e. The van der Waals surface area contributed by atoms with Crippen molar-refractivity contribution >= 4 is 33.4 Å². The molecule has 1 aliphatic rings. The predicted molar refractivity (Wildman–Crippen MR) is 130 cm³/mol. The molecule has 0 saturated carbocycles. The second kappa shape index (κ2) is 10.9. The predicted octanol–water partition coefficient (Wildman–Crippen LogP) is 4.59. The Hall–Kier alpha value is -1.84. The molecule has 1 aliphatic heterocycles. The summed E-state index contributed by atoms with van der Waals surface area (Å²) >= 11 is 1.45. The number of nitrogens with zero attached hydrogens (tertiary/aromatic N) is 3. The molecule has 1 saturated heterocycles. The van der Waals surface area contributed by atoms with Gasteiger partial charge in [0.05, 0.1) is 15.8 Å². The Kier molecular flexibility index (Phi) is 8.41. The van der Waals surface area contributed by atoms with E-state index in [1.54, 1.807) is 28.6 Å². The van der Waals surface area contributed by atoms with Crippen LogP contribution in [0.4, 0.5) is 5.69 Å². The van der Waals surface area contributed by atoms with Gasteiger partial charge in [0.15, 0.2) is 5.16 Å². The number of imidazole rings is 1. The molecule has 0 spiro atoms. The van der Waals surface area contributed by atoms with Crippen molar-refractivity contribution in [2.45, 2.75) is 81.6 Å². The average molecular weight is 479 g/mol. The van der Waals surface area contributed by atoms with E-state index in [4.69, 9.17) is 0 Å². The van der Waals surface area contributed by atoms with Gasteiger partial charge in [0.2, 0.25) is 15.9 Å². The summed E-state index contributed by atoms with van der Waals surface area (Å²) in [5, 5.41) is 3.42. The molecule has 1 aromatic carbocycles. The van der Waals surface area contributed by atoms with Crippen LogP contribution in [-0.4, -0.2) is 46.5 Å². The fourth-order valence-corrected chi connectivity index (χ4v) is 6.26. The SMILES string of the molecule is CCCCn1c(S[C@H](C)C(=O)Nc2ccc(S(=O)(=O)N3CCCCC3)cc2)nc(C)c1C. The maximum absolute atomic E-state index is 12.8. The van der Waals surface area contributed by atoms with E-state index in [0.717, 1.165) is 55.2 Å². The van der Waals surface area contributed by atoms with Gasteiger partial charge in [-0.25, -0.2) is 13.4 Å². The number of sulfonamides is 1. The highest BCUT2D eigenvalue weighted by Crippen LogP contribution is 2.27.